The summed E-state index contributed by atoms with van der Waals surface area (Å²) in [6.07, 6.45) is 4.41. The molecule has 2 N–H and O–H groups in total. The lowest BCUT2D eigenvalue weighted by Crippen LogP contribution is -2.49. The average molecular weight is 356 g/mol. The molecule has 26 heavy (non-hydrogen) atoms. The number of carbonyl (C=O) groups excluding carboxylic acids is 1. The zero-order valence-electron chi connectivity index (χ0n) is 15.1. The van der Waals surface area contributed by atoms with Crippen molar-refractivity contribution in [3.63, 3.8) is 0 Å². The van der Waals surface area contributed by atoms with Crippen LogP contribution in [-0.2, 0) is 11.4 Å². The first-order valence-corrected chi connectivity index (χ1v) is 8.64. The largest absolute Gasteiger partial charge is 0.489 e. The summed E-state index contributed by atoms with van der Waals surface area (Å²) in [6.45, 7) is 4.17. The normalized spacial score (nSPS) is 11.0. The Kier molecular flexibility index (Phi) is 6.72. The van der Waals surface area contributed by atoms with E-state index in [9.17, 15) is 9.59 Å². The molecule has 0 bridgehead atoms. The van der Waals surface area contributed by atoms with Gasteiger partial charge >= 0.3 is 5.97 Å². The van der Waals surface area contributed by atoms with Crippen molar-refractivity contribution in [3.8, 4) is 5.75 Å². The molecule has 0 fully saturated rings. The third kappa shape index (κ3) is 5.31. The molecular formula is C20H24N2O4. The van der Waals surface area contributed by atoms with Gasteiger partial charge in [0.25, 0.3) is 5.91 Å². The number of hydrogen-bond donors (Lipinski definition) is 2. The average Bonchev–Trinajstić information content (AvgIpc) is 2.66. The quantitative estimate of drug-likeness (QED) is 0.719. The van der Waals surface area contributed by atoms with Crippen LogP contribution in [0.25, 0.3) is 0 Å². The molecular weight excluding hydrogens is 332 g/mol. The molecule has 0 spiro atoms. The van der Waals surface area contributed by atoms with Crippen LogP contribution in [-0.4, -0.2) is 27.5 Å². The fourth-order valence-corrected chi connectivity index (χ4v) is 2.67. The van der Waals surface area contributed by atoms with Crippen molar-refractivity contribution in [3.05, 3.63) is 59.9 Å². The van der Waals surface area contributed by atoms with E-state index in [0.717, 1.165) is 5.56 Å². The Bertz CT molecular complexity index is 725. The van der Waals surface area contributed by atoms with Crippen LogP contribution in [0.2, 0.25) is 0 Å². The first-order valence-electron chi connectivity index (χ1n) is 8.64. The highest BCUT2D eigenvalue weighted by Crippen LogP contribution is 2.21. The SMILES string of the molecule is CCC(CC)(CC(=O)O)NC(=O)c1ccc(OCc2ccncc2)cc1. The number of ether oxygens (including phenoxy) is 1. The van der Waals surface area contributed by atoms with Gasteiger partial charge < -0.3 is 15.2 Å². The van der Waals surface area contributed by atoms with Crippen LogP contribution in [0.4, 0.5) is 0 Å². The van der Waals surface area contributed by atoms with Crippen molar-refractivity contribution in [2.24, 2.45) is 0 Å². The van der Waals surface area contributed by atoms with E-state index in [1.807, 2.05) is 26.0 Å². The van der Waals surface area contributed by atoms with E-state index in [2.05, 4.69) is 10.3 Å². The number of rotatable bonds is 9. The molecule has 2 rings (SSSR count). The van der Waals surface area contributed by atoms with E-state index in [1.165, 1.54) is 0 Å². The molecule has 0 aliphatic heterocycles. The summed E-state index contributed by atoms with van der Waals surface area (Å²) in [6, 6.07) is 10.6. The smallest absolute Gasteiger partial charge is 0.305 e. The van der Waals surface area contributed by atoms with Crippen LogP contribution in [0.3, 0.4) is 0 Å². The molecule has 0 saturated carbocycles. The number of amides is 1. The summed E-state index contributed by atoms with van der Waals surface area (Å²) in [5.41, 5.74) is 0.739. The molecule has 0 aliphatic rings. The number of hydrogen-bond acceptors (Lipinski definition) is 4. The molecule has 0 saturated heterocycles. The lowest BCUT2D eigenvalue weighted by molar-refractivity contribution is -0.138. The minimum Gasteiger partial charge on any atom is -0.489 e. The molecule has 0 atom stereocenters. The predicted octanol–water partition coefficient (Wildman–Crippen LogP) is 3.42. The second kappa shape index (κ2) is 8.99. The van der Waals surface area contributed by atoms with Crippen molar-refractivity contribution in [1.29, 1.82) is 0 Å². The maximum absolute atomic E-state index is 12.5. The minimum absolute atomic E-state index is 0.0983. The summed E-state index contributed by atoms with van der Waals surface area (Å²) in [7, 11) is 0. The van der Waals surface area contributed by atoms with Gasteiger partial charge in [0.15, 0.2) is 0 Å². The van der Waals surface area contributed by atoms with Gasteiger partial charge in [-0.2, -0.15) is 0 Å². The van der Waals surface area contributed by atoms with Gasteiger partial charge in [-0.1, -0.05) is 13.8 Å². The molecule has 2 aromatic rings. The fourth-order valence-electron chi connectivity index (χ4n) is 2.67. The van der Waals surface area contributed by atoms with Gasteiger partial charge in [-0.05, 0) is 54.8 Å². The van der Waals surface area contributed by atoms with E-state index in [0.29, 0.717) is 30.8 Å². The minimum atomic E-state index is -0.922. The number of carboxylic acids is 1. The highest BCUT2D eigenvalue weighted by atomic mass is 16.5. The van der Waals surface area contributed by atoms with E-state index < -0.39 is 11.5 Å². The Morgan fingerprint density at radius 2 is 1.69 bits per heavy atom. The number of aliphatic carboxylic acids is 1. The molecule has 138 valence electrons. The third-order valence-corrected chi connectivity index (χ3v) is 4.49. The Labute approximate surface area is 153 Å². The van der Waals surface area contributed by atoms with E-state index in [1.54, 1.807) is 36.7 Å². The second-order valence-corrected chi connectivity index (χ2v) is 6.18. The van der Waals surface area contributed by atoms with Crippen LogP contribution in [0, 0.1) is 0 Å². The molecule has 6 nitrogen and oxygen atoms in total. The number of carbonyl (C=O) groups is 2. The first-order chi connectivity index (χ1) is 12.5. The zero-order valence-corrected chi connectivity index (χ0v) is 15.1. The van der Waals surface area contributed by atoms with Crippen molar-refractivity contribution in [2.45, 2.75) is 45.3 Å². The van der Waals surface area contributed by atoms with Crippen molar-refractivity contribution < 1.29 is 19.4 Å². The zero-order chi connectivity index (χ0) is 19.0. The summed E-state index contributed by atoms with van der Waals surface area (Å²) in [4.78, 5) is 27.6. The summed E-state index contributed by atoms with van der Waals surface area (Å²) >= 11 is 0. The summed E-state index contributed by atoms with van der Waals surface area (Å²) in [5, 5.41) is 12.0. The maximum atomic E-state index is 12.5. The molecule has 1 aromatic carbocycles. The van der Waals surface area contributed by atoms with E-state index >= 15 is 0 Å². The van der Waals surface area contributed by atoms with E-state index in [-0.39, 0.29) is 12.3 Å². The third-order valence-electron chi connectivity index (χ3n) is 4.49. The highest BCUT2D eigenvalue weighted by Gasteiger charge is 2.31. The van der Waals surface area contributed by atoms with Gasteiger partial charge in [-0.25, -0.2) is 0 Å². The number of pyridine rings is 1. The number of nitrogens with one attached hydrogen (secondary N) is 1. The van der Waals surface area contributed by atoms with Crippen molar-refractivity contribution in [1.82, 2.24) is 10.3 Å². The van der Waals surface area contributed by atoms with Gasteiger partial charge in [0.05, 0.1) is 12.0 Å². The first kappa shape index (κ1) is 19.4. The molecule has 1 heterocycles. The lowest BCUT2D eigenvalue weighted by atomic mass is 9.88. The number of nitrogens with zero attached hydrogens (tertiary/aromatic N) is 1. The summed E-state index contributed by atoms with van der Waals surface area (Å²) < 4.78 is 5.69. The lowest BCUT2D eigenvalue weighted by Gasteiger charge is -2.31. The number of carboxylic acid groups (broad SMARTS) is 1. The molecule has 0 unspecified atom stereocenters. The highest BCUT2D eigenvalue weighted by molar-refractivity contribution is 5.95. The maximum Gasteiger partial charge on any atom is 0.305 e. The predicted molar refractivity (Wildman–Crippen MR) is 98.0 cm³/mol. The Balaban J connectivity index is 2.00. The van der Waals surface area contributed by atoms with Gasteiger partial charge in [0, 0.05) is 18.0 Å². The van der Waals surface area contributed by atoms with Crippen LogP contribution >= 0.6 is 0 Å². The fraction of sp³-hybridized carbons (Fsp3) is 0.350. The Morgan fingerprint density at radius 1 is 1.08 bits per heavy atom. The molecule has 0 radical (unpaired) electrons. The van der Waals surface area contributed by atoms with Crippen LogP contribution < -0.4 is 10.1 Å². The van der Waals surface area contributed by atoms with Gasteiger partial charge in [-0.15, -0.1) is 0 Å². The molecule has 6 heteroatoms. The van der Waals surface area contributed by atoms with Gasteiger partial charge in [0.1, 0.15) is 12.4 Å². The van der Waals surface area contributed by atoms with Crippen LogP contribution in [0.1, 0.15) is 49.0 Å². The van der Waals surface area contributed by atoms with Gasteiger partial charge in [-0.3, -0.25) is 14.6 Å². The Morgan fingerprint density at radius 3 is 2.23 bits per heavy atom. The van der Waals surface area contributed by atoms with Gasteiger partial charge in [0.2, 0.25) is 0 Å². The standard InChI is InChI=1S/C20H24N2O4/c1-3-20(4-2,13-18(23)24)22-19(25)16-5-7-17(8-6-16)26-14-15-9-11-21-12-10-15/h5-12H,3-4,13-14H2,1-2H3,(H,22,25)(H,23,24). The topological polar surface area (TPSA) is 88.5 Å². The molecule has 1 amide bonds. The molecule has 1 aromatic heterocycles. The molecule has 0 aliphatic carbocycles. The number of benzene rings is 1. The van der Waals surface area contributed by atoms with Crippen LogP contribution in [0.5, 0.6) is 5.75 Å². The number of aromatic nitrogens is 1. The monoisotopic (exact) mass is 356 g/mol. The van der Waals surface area contributed by atoms with E-state index in [4.69, 9.17) is 9.84 Å². The van der Waals surface area contributed by atoms with Crippen LogP contribution in [0.15, 0.2) is 48.8 Å². The Hall–Kier alpha value is -2.89. The van der Waals surface area contributed by atoms with Crippen molar-refractivity contribution >= 4 is 11.9 Å². The summed E-state index contributed by atoms with van der Waals surface area (Å²) in [5.74, 6) is -0.550. The second-order valence-electron chi connectivity index (χ2n) is 6.18. The van der Waals surface area contributed by atoms with Crippen molar-refractivity contribution in [2.75, 3.05) is 0 Å².